The Kier molecular flexibility index (Phi) is 6.13. The van der Waals surface area contributed by atoms with Gasteiger partial charge < -0.3 is 20.1 Å². The Hall–Kier alpha value is -1.46. The van der Waals surface area contributed by atoms with E-state index < -0.39 is 0 Å². The number of hydrogen-bond donors (Lipinski definition) is 1. The van der Waals surface area contributed by atoms with Crippen LogP contribution in [0.2, 0.25) is 0 Å². The number of benzene rings is 1. The van der Waals surface area contributed by atoms with Gasteiger partial charge in [-0.1, -0.05) is 18.6 Å². The molecule has 1 amide bonds. The van der Waals surface area contributed by atoms with Crippen LogP contribution in [-0.4, -0.2) is 43.2 Å². The first-order valence-electron chi connectivity index (χ1n) is 8.01. The molecule has 0 aromatic heterocycles. The van der Waals surface area contributed by atoms with Crippen molar-refractivity contribution >= 4 is 18.3 Å². The molecule has 3 atom stereocenters. The molecule has 6 heteroatoms. The van der Waals surface area contributed by atoms with E-state index in [1.165, 1.54) is 0 Å². The first-order chi connectivity index (χ1) is 10.6. The van der Waals surface area contributed by atoms with Crippen LogP contribution in [0.5, 0.6) is 11.5 Å². The van der Waals surface area contributed by atoms with Crippen LogP contribution in [0.15, 0.2) is 24.3 Å². The van der Waals surface area contributed by atoms with E-state index in [4.69, 9.17) is 15.2 Å². The maximum atomic E-state index is 12.3. The molecule has 128 valence electrons. The van der Waals surface area contributed by atoms with E-state index in [0.717, 1.165) is 30.8 Å². The van der Waals surface area contributed by atoms with Crippen LogP contribution in [0.25, 0.3) is 0 Å². The number of halogens is 1. The Morgan fingerprint density at radius 3 is 2.74 bits per heavy atom. The molecule has 1 aliphatic carbocycles. The fraction of sp³-hybridized carbons (Fsp3) is 0.588. The molecule has 1 aromatic rings. The standard InChI is InChI=1S/C17H24N2O3.ClH/c1-19(17(20)9-12-5-4-6-14(12)18)10-13-11-21-15-7-2-3-8-16(15)22-13;/h2-3,7-8,12-14H,4-6,9-11,18H2,1H3;1H/t12-,13?,14+;/m0./s1. The third kappa shape index (κ3) is 4.30. The average Bonchev–Trinajstić information content (AvgIpc) is 2.92. The molecule has 1 unspecified atom stereocenters. The van der Waals surface area contributed by atoms with Crippen molar-refractivity contribution in [2.75, 3.05) is 20.2 Å². The number of nitrogens with two attached hydrogens (primary N) is 1. The molecule has 5 nitrogen and oxygen atoms in total. The fourth-order valence-corrected chi connectivity index (χ4v) is 3.26. The third-order valence-corrected chi connectivity index (χ3v) is 4.63. The summed E-state index contributed by atoms with van der Waals surface area (Å²) >= 11 is 0. The van der Waals surface area contributed by atoms with Crippen LogP contribution in [0.3, 0.4) is 0 Å². The van der Waals surface area contributed by atoms with Crippen molar-refractivity contribution in [3.63, 3.8) is 0 Å². The molecule has 1 aromatic carbocycles. The summed E-state index contributed by atoms with van der Waals surface area (Å²) in [5, 5.41) is 0. The average molecular weight is 341 g/mol. The highest BCUT2D eigenvalue weighted by Crippen LogP contribution is 2.31. The van der Waals surface area contributed by atoms with Gasteiger partial charge in [0, 0.05) is 19.5 Å². The van der Waals surface area contributed by atoms with Gasteiger partial charge in [-0.05, 0) is 30.9 Å². The van der Waals surface area contributed by atoms with Crippen molar-refractivity contribution in [1.82, 2.24) is 4.90 Å². The number of rotatable bonds is 4. The number of hydrogen-bond acceptors (Lipinski definition) is 4. The maximum absolute atomic E-state index is 12.3. The molecule has 0 bridgehead atoms. The van der Waals surface area contributed by atoms with Crippen molar-refractivity contribution in [2.24, 2.45) is 11.7 Å². The molecule has 0 spiro atoms. The Balaban J connectivity index is 0.00000192. The van der Waals surface area contributed by atoms with Crippen LogP contribution >= 0.6 is 12.4 Å². The van der Waals surface area contributed by atoms with Gasteiger partial charge in [0.15, 0.2) is 17.6 Å². The Morgan fingerprint density at radius 1 is 1.30 bits per heavy atom. The molecule has 3 rings (SSSR count). The zero-order valence-corrected chi connectivity index (χ0v) is 14.3. The lowest BCUT2D eigenvalue weighted by atomic mass is 9.99. The summed E-state index contributed by atoms with van der Waals surface area (Å²) in [6, 6.07) is 7.80. The Bertz CT molecular complexity index is 540. The van der Waals surface area contributed by atoms with Crippen molar-refractivity contribution < 1.29 is 14.3 Å². The number of amides is 1. The summed E-state index contributed by atoms with van der Waals surface area (Å²) in [6.45, 7) is 1.01. The first kappa shape index (κ1) is 17.9. The smallest absolute Gasteiger partial charge is 0.222 e. The second-order valence-corrected chi connectivity index (χ2v) is 6.33. The molecule has 0 radical (unpaired) electrons. The molecular formula is C17H25ClN2O3. The summed E-state index contributed by atoms with van der Waals surface area (Å²) in [6.07, 6.45) is 3.66. The quantitative estimate of drug-likeness (QED) is 0.912. The van der Waals surface area contributed by atoms with Crippen LogP contribution in [0, 0.1) is 5.92 Å². The summed E-state index contributed by atoms with van der Waals surface area (Å²) in [7, 11) is 1.83. The number of likely N-dealkylation sites (N-methyl/N-ethyl adjacent to an activating group) is 1. The van der Waals surface area contributed by atoms with E-state index in [-0.39, 0.29) is 30.5 Å². The van der Waals surface area contributed by atoms with Crippen molar-refractivity contribution in [1.29, 1.82) is 0 Å². The summed E-state index contributed by atoms with van der Waals surface area (Å²) in [4.78, 5) is 14.1. The van der Waals surface area contributed by atoms with Crippen LogP contribution < -0.4 is 15.2 Å². The predicted molar refractivity (Wildman–Crippen MR) is 91.2 cm³/mol. The van der Waals surface area contributed by atoms with Gasteiger partial charge in [-0.25, -0.2) is 0 Å². The molecule has 2 N–H and O–H groups in total. The predicted octanol–water partition coefficient (Wildman–Crippen LogP) is 2.22. The lowest BCUT2D eigenvalue weighted by Crippen LogP contribution is -2.42. The maximum Gasteiger partial charge on any atom is 0.222 e. The van der Waals surface area contributed by atoms with E-state index in [1.807, 2.05) is 31.3 Å². The monoisotopic (exact) mass is 340 g/mol. The topological polar surface area (TPSA) is 64.8 Å². The molecule has 23 heavy (non-hydrogen) atoms. The van der Waals surface area contributed by atoms with Crippen molar-refractivity contribution in [3.05, 3.63) is 24.3 Å². The second-order valence-electron chi connectivity index (χ2n) is 6.33. The van der Waals surface area contributed by atoms with E-state index in [0.29, 0.717) is 25.5 Å². The van der Waals surface area contributed by atoms with Gasteiger partial charge in [0.25, 0.3) is 0 Å². The number of nitrogens with zero attached hydrogens (tertiary/aromatic N) is 1. The Morgan fingerprint density at radius 2 is 2.04 bits per heavy atom. The fourth-order valence-electron chi connectivity index (χ4n) is 3.26. The second kappa shape index (κ2) is 7.88. The van der Waals surface area contributed by atoms with Crippen LogP contribution in [0.1, 0.15) is 25.7 Å². The van der Waals surface area contributed by atoms with Gasteiger partial charge in [0.1, 0.15) is 6.61 Å². The molecule has 1 aliphatic heterocycles. The molecule has 1 saturated carbocycles. The lowest BCUT2D eigenvalue weighted by Gasteiger charge is -2.30. The number of carbonyl (C=O) groups excluding carboxylic acids is 1. The molecule has 1 fully saturated rings. The van der Waals surface area contributed by atoms with Crippen molar-refractivity contribution in [3.8, 4) is 11.5 Å². The van der Waals surface area contributed by atoms with E-state index in [2.05, 4.69) is 0 Å². The summed E-state index contributed by atoms with van der Waals surface area (Å²) in [5.41, 5.74) is 6.05. The van der Waals surface area contributed by atoms with Gasteiger partial charge in [0.05, 0.1) is 6.54 Å². The lowest BCUT2D eigenvalue weighted by molar-refractivity contribution is -0.132. The largest absolute Gasteiger partial charge is 0.486 e. The van der Waals surface area contributed by atoms with Gasteiger partial charge in [-0.15, -0.1) is 12.4 Å². The molecule has 2 aliphatic rings. The summed E-state index contributed by atoms with van der Waals surface area (Å²) < 4.78 is 11.6. The highest BCUT2D eigenvalue weighted by atomic mass is 35.5. The Labute approximate surface area is 143 Å². The normalized spacial score (nSPS) is 25.6. The molecular weight excluding hydrogens is 316 g/mol. The SMILES string of the molecule is CN(CC1COc2ccccc2O1)C(=O)C[C@@H]1CCC[C@H]1N.Cl. The highest BCUT2D eigenvalue weighted by molar-refractivity contribution is 5.85. The van der Waals surface area contributed by atoms with E-state index in [9.17, 15) is 4.79 Å². The van der Waals surface area contributed by atoms with Crippen LogP contribution in [0.4, 0.5) is 0 Å². The minimum absolute atomic E-state index is 0. The van der Waals surface area contributed by atoms with Gasteiger partial charge in [0.2, 0.25) is 5.91 Å². The minimum atomic E-state index is -0.124. The zero-order valence-electron chi connectivity index (χ0n) is 13.4. The molecule has 0 saturated heterocycles. The number of para-hydroxylation sites is 2. The molecule has 1 heterocycles. The van der Waals surface area contributed by atoms with Gasteiger partial charge >= 0.3 is 0 Å². The minimum Gasteiger partial charge on any atom is -0.486 e. The first-order valence-corrected chi connectivity index (χ1v) is 8.01. The zero-order chi connectivity index (χ0) is 15.5. The van der Waals surface area contributed by atoms with Crippen LogP contribution in [-0.2, 0) is 4.79 Å². The number of ether oxygens (including phenoxy) is 2. The number of carbonyl (C=O) groups is 1. The van der Waals surface area contributed by atoms with E-state index in [1.54, 1.807) is 4.90 Å². The van der Waals surface area contributed by atoms with E-state index >= 15 is 0 Å². The third-order valence-electron chi connectivity index (χ3n) is 4.63. The van der Waals surface area contributed by atoms with Gasteiger partial charge in [-0.3, -0.25) is 4.79 Å². The van der Waals surface area contributed by atoms with Crippen molar-refractivity contribution in [2.45, 2.75) is 37.8 Å². The summed E-state index contributed by atoms with van der Waals surface area (Å²) in [5.74, 6) is 1.99. The van der Waals surface area contributed by atoms with Gasteiger partial charge in [-0.2, -0.15) is 0 Å². The number of fused-ring (bicyclic) bond motifs is 1. The highest BCUT2D eigenvalue weighted by Gasteiger charge is 2.29.